The molecule has 0 amide bonds. The van der Waals surface area contributed by atoms with Crippen LogP contribution in [0.15, 0.2) is 28.8 Å². The number of esters is 1. The molecule has 2 heterocycles. The van der Waals surface area contributed by atoms with Crippen molar-refractivity contribution in [3.8, 4) is 0 Å². The maximum absolute atomic E-state index is 11.1. The minimum atomic E-state index is -0.268. The molecule has 5 heteroatoms. The Morgan fingerprint density at radius 3 is 2.83 bits per heavy atom. The number of aromatic nitrogens is 1. The van der Waals surface area contributed by atoms with Gasteiger partial charge in [-0.25, -0.2) is 0 Å². The van der Waals surface area contributed by atoms with Gasteiger partial charge in [-0.05, 0) is 0 Å². The van der Waals surface area contributed by atoms with Crippen molar-refractivity contribution in [2.24, 2.45) is 0 Å². The van der Waals surface area contributed by atoms with Gasteiger partial charge in [-0.3, -0.25) is 0 Å². The molecule has 1 aliphatic carbocycles. The van der Waals surface area contributed by atoms with E-state index in [0.717, 1.165) is 6.42 Å². The van der Waals surface area contributed by atoms with Gasteiger partial charge in [0, 0.05) is 0 Å². The molecule has 1 aliphatic heterocycles. The van der Waals surface area contributed by atoms with Crippen LogP contribution in [-0.4, -0.2) is 33.3 Å². The molecule has 3 rings (SSSR count). The van der Waals surface area contributed by atoms with E-state index in [0.29, 0.717) is 16.0 Å². The van der Waals surface area contributed by atoms with Gasteiger partial charge in [0.1, 0.15) is 0 Å². The van der Waals surface area contributed by atoms with Crippen molar-refractivity contribution in [2.45, 2.75) is 23.5 Å². The van der Waals surface area contributed by atoms with Crippen molar-refractivity contribution in [3.05, 3.63) is 39.5 Å². The summed E-state index contributed by atoms with van der Waals surface area (Å²) in [6, 6.07) is 3.89. The standard InChI is InChI=1S/C13H13AsClNO2/c15-11-2-1-9(7-16-11)6-13(3-4-13)14-10-5-12(17)18-8-10/h1-2,5,7,14H,3-4,6,8H2. The number of nitrogens with zero attached hydrogens (tertiary/aromatic N) is 1. The van der Waals surface area contributed by atoms with Gasteiger partial charge >= 0.3 is 117 Å². The molecule has 18 heavy (non-hydrogen) atoms. The molecule has 0 aromatic carbocycles. The third-order valence-electron chi connectivity index (χ3n) is 3.27. The number of pyridine rings is 1. The molecule has 0 spiro atoms. The molecule has 1 saturated carbocycles. The number of carbonyl (C=O) groups excluding carboxylic acids is 1. The molecule has 1 aromatic heterocycles. The SMILES string of the molecule is O=C1C=C([AsH]C2(Cc3ccc(Cl)nc3)CC2)CO1. The van der Waals surface area contributed by atoms with Crippen molar-refractivity contribution >= 4 is 33.3 Å². The topological polar surface area (TPSA) is 39.2 Å². The van der Waals surface area contributed by atoms with Crippen LogP contribution in [0.4, 0.5) is 0 Å². The van der Waals surface area contributed by atoms with E-state index in [4.69, 9.17) is 16.3 Å². The summed E-state index contributed by atoms with van der Waals surface area (Å²) in [5.74, 6) is -0.169. The van der Waals surface area contributed by atoms with Crippen LogP contribution in [0.2, 0.25) is 9.36 Å². The Morgan fingerprint density at radius 2 is 2.28 bits per heavy atom. The van der Waals surface area contributed by atoms with Gasteiger partial charge in [-0.1, -0.05) is 0 Å². The second-order valence-electron chi connectivity index (χ2n) is 4.85. The van der Waals surface area contributed by atoms with E-state index in [1.165, 1.54) is 22.8 Å². The number of halogens is 1. The third kappa shape index (κ3) is 2.78. The Balaban J connectivity index is 1.66. The van der Waals surface area contributed by atoms with Gasteiger partial charge in [0.15, 0.2) is 0 Å². The van der Waals surface area contributed by atoms with Gasteiger partial charge in [-0.2, -0.15) is 0 Å². The number of ether oxygens (including phenoxy) is 1. The summed E-state index contributed by atoms with van der Waals surface area (Å²) < 4.78 is 6.66. The van der Waals surface area contributed by atoms with Crippen LogP contribution in [0.25, 0.3) is 0 Å². The average Bonchev–Trinajstić information content (AvgIpc) is 2.97. The Morgan fingerprint density at radius 1 is 1.44 bits per heavy atom. The second-order valence-corrected chi connectivity index (χ2v) is 9.33. The Kier molecular flexibility index (Phi) is 3.21. The molecule has 0 radical (unpaired) electrons. The fourth-order valence-electron chi connectivity index (χ4n) is 2.19. The van der Waals surface area contributed by atoms with Crippen LogP contribution in [0, 0.1) is 0 Å². The van der Waals surface area contributed by atoms with Crippen molar-refractivity contribution in [1.29, 1.82) is 0 Å². The van der Waals surface area contributed by atoms with E-state index in [-0.39, 0.29) is 21.7 Å². The summed E-state index contributed by atoms with van der Waals surface area (Å²) in [7, 11) is 0. The normalized spacial score (nSPS) is 21.2. The first-order valence-electron chi connectivity index (χ1n) is 5.91. The molecule has 1 atom stereocenters. The van der Waals surface area contributed by atoms with Gasteiger partial charge in [0.25, 0.3) is 0 Å². The zero-order valence-electron chi connectivity index (χ0n) is 9.78. The first-order chi connectivity index (χ1) is 8.65. The van der Waals surface area contributed by atoms with Gasteiger partial charge < -0.3 is 0 Å². The molecular formula is C13H13AsClNO2. The summed E-state index contributed by atoms with van der Waals surface area (Å²) in [4.78, 5) is 15.2. The summed E-state index contributed by atoms with van der Waals surface area (Å²) in [6.07, 6.45) is 7.14. The van der Waals surface area contributed by atoms with Crippen LogP contribution in [-0.2, 0) is 16.0 Å². The summed E-state index contributed by atoms with van der Waals surface area (Å²) in [5, 5.41) is 0.539. The number of carbonyl (C=O) groups is 1. The van der Waals surface area contributed by atoms with E-state index in [2.05, 4.69) is 4.98 Å². The van der Waals surface area contributed by atoms with Crippen LogP contribution in [0.5, 0.6) is 0 Å². The second kappa shape index (κ2) is 4.71. The van der Waals surface area contributed by atoms with E-state index in [1.807, 2.05) is 18.3 Å². The van der Waals surface area contributed by atoms with E-state index in [9.17, 15) is 4.79 Å². The number of cyclic esters (lactones) is 1. The predicted molar refractivity (Wildman–Crippen MR) is 71.1 cm³/mol. The summed E-state index contributed by atoms with van der Waals surface area (Å²) in [5.41, 5.74) is 1.24. The van der Waals surface area contributed by atoms with Crippen molar-refractivity contribution < 1.29 is 9.53 Å². The van der Waals surface area contributed by atoms with Crippen molar-refractivity contribution in [3.63, 3.8) is 0 Å². The molecule has 3 nitrogen and oxygen atoms in total. The Hall–Kier alpha value is -0.792. The summed E-state index contributed by atoms with van der Waals surface area (Å²) in [6.45, 7) is 0.527. The van der Waals surface area contributed by atoms with E-state index in [1.54, 1.807) is 6.08 Å². The molecule has 1 fully saturated rings. The molecule has 1 unspecified atom stereocenters. The van der Waals surface area contributed by atoms with Gasteiger partial charge in [0.2, 0.25) is 0 Å². The average molecular weight is 326 g/mol. The van der Waals surface area contributed by atoms with Crippen LogP contribution in [0.1, 0.15) is 18.4 Å². The van der Waals surface area contributed by atoms with E-state index >= 15 is 0 Å². The zero-order valence-corrected chi connectivity index (χ0v) is 12.6. The molecule has 0 saturated heterocycles. The molecule has 1 aromatic rings. The molecule has 0 N–H and O–H groups in total. The third-order valence-corrected chi connectivity index (χ3v) is 7.31. The van der Waals surface area contributed by atoms with Gasteiger partial charge in [0.05, 0.1) is 0 Å². The van der Waals surface area contributed by atoms with Crippen LogP contribution < -0.4 is 0 Å². The molecule has 94 valence electrons. The number of rotatable bonds is 4. The fraction of sp³-hybridized carbons (Fsp3) is 0.385. The number of hydrogen-bond donors (Lipinski definition) is 0. The van der Waals surface area contributed by atoms with Crippen molar-refractivity contribution in [1.82, 2.24) is 4.98 Å². The maximum atomic E-state index is 11.1. The monoisotopic (exact) mass is 325 g/mol. The Labute approximate surface area is 117 Å². The van der Waals surface area contributed by atoms with Crippen molar-refractivity contribution in [2.75, 3.05) is 6.61 Å². The zero-order chi connectivity index (χ0) is 12.6. The Bertz CT molecular complexity index is 508. The van der Waals surface area contributed by atoms with Gasteiger partial charge in [-0.15, -0.1) is 0 Å². The number of hydrogen-bond acceptors (Lipinski definition) is 3. The van der Waals surface area contributed by atoms with Crippen LogP contribution in [0.3, 0.4) is 0 Å². The summed E-state index contributed by atoms with van der Waals surface area (Å²) >= 11 is 5.52. The first kappa shape index (κ1) is 12.3. The quantitative estimate of drug-likeness (QED) is 0.483. The minimum absolute atomic E-state index is 0.169. The molecular weight excluding hydrogens is 313 g/mol. The first-order valence-corrected chi connectivity index (χ1v) is 8.39. The van der Waals surface area contributed by atoms with E-state index < -0.39 is 0 Å². The van der Waals surface area contributed by atoms with Crippen LogP contribution >= 0.6 is 11.6 Å². The fourth-order valence-corrected chi connectivity index (χ4v) is 5.83. The molecule has 2 aliphatic rings. The molecule has 0 bridgehead atoms. The predicted octanol–water partition coefficient (Wildman–Crippen LogP) is 2.11.